The Bertz CT molecular complexity index is 1900. The number of alkyl halides is 3. The number of H-pyrrole nitrogens is 1. The normalized spacial score (nSPS) is 16.5. The lowest BCUT2D eigenvalue weighted by Crippen LogP contribution is -2.48. The molecule has 1 atom stereocenters. The molecule has 0 spiro atoms. The van der Waals surface area contributed by atoms with Crippen molar-refractivity contribution in [3.8, 4) is 0 Å². The van der Waals surface area contributed by atoms with Gasteiger partial charge in [-0.3, -0.25) is 14.3 Å². The van der Waals surface area contributed by atoms with Gasteiger partial charge in [0.25, 0.3) is 5.56 Å². The molecule has 0 aliphatic carbocycles. The zero-order valence-electron chi connectivity index (χ0n) is 25.9. The molecule has 0 unspecified atom stereocenters. The first-order valence-electron chi connectivity index (χ1n) is 14.5. The molecule has 4 rings (SSSR count). The average molecular weight is 708 g/mol. The van der Waals surface area contributed by atoms with Crippen LogP contribution in [0.4, 0.5) is 18.0 Å². The first-order chi connectivity index (χ1) is 21.2. The second-order valence-electron chi connectivity index (χ2n) is 12.3. The number of carbonyl (C=O) groups excluding carboxylic acids is 1. The van der Waals surface area contributed by atoms with Crippen molar-refractivity contribution in [2.45, 2.75) is 83.3 Å². The van der Waals surface area contributed by atoms with Gasteiger partial charge >= 0.3 is 18.0 Å². The number of hydrogen-bond donors (Lipinski definition) is 2. The second-order valence-corrected chi connectivity index (χ2v) is 15.3. The number of fused-ring (bicyclic) bond motifs is 1. The first-order valence-corrected chi connectivity index (χ1v) is 16.9. The van der Waals surface area contributed by atoms with Gasteiger partial charge < -0.3 is 15.0 Å². The quantitative estimate of drug-likeness (QED) is 0.325. The van der Waals surface area contributed by atoms with Crippen LogP contribution in [0.5, 0.6) is 0 Å². The molecule has 0 radical (unpaired) electrons. The van der Waals surface area contributed by atoms with Gasteiger partial charge in [-0.1, -0.05) is 30.1 Å². The number of aryl methyl sites for hydroxylation is 1. The highest BCUT2D eigenvalue weighted by atomic mass is 35.5. The van der Waals surface area contributed by atoms with Crippen molar-refractivity contribution in [2.24, 2.45) is 0 Å². The topological polar surface area (TPSA) is 131 Å². The van der Waals surface area contributed by atoms with Crippen LogP contribution in [-0.4, -0.2) is 59.4 Å². The number of alkyl carbamates (subject to hydrolysis) is 1. The number of aromatic nitrogens is 2. The Kier molecular flexibility index (Phi) is 10.3. The van der Waals surface area contributed by atoms with Crippen molar-refractivity contribution >= 4 is 50.0 Å². The van der Waals surface area contributed by atoms with Gasteiger partial charge in [-0.2, -0.15) is 13.2 Å². The molecular weight excluding hydrogens is 672 g/mol. The number of nitrogens with one attached hydrogen (secondary N) is 2. The SMILES string of the molecule is CCS(=O)(=O)c1c(C)cc(Cl)cc1Cn1c(=O)[nH]c2c(Cl)c(CN3CCC[C@@H](NC(=O)OC(C)(C)C)C3)c(C(F)(F)F)cc2c1=O. The van der Waals surface area contributed by atoms with Gasteiger partial charge in [0.1, 0.15) is 5.60 Å². The third-order valence-electron chi connectivity index (χ3n) is 7.57. The van der Waals surface area contributed by atoms with E-state index in [9.17, 15) is 36.0 Å². The lowest BCUT2D eigenvalue weighted by molar-refractivity contribution is -0.138. The van der Waals surface area contributed by atoms with Crippen LogP contribution in [0.15, 0.2) is 32.7 Å². The number of likely N-dealkylation sites (tertiary alicyclic amines) is 1. The van der Waals surface area contributed by atoms with Crippen LogP contribution < -0.4 is 16.6 Å². The van der Waals surface area contributed by atoms with Crippen LogP contribution in [0.25, 0.3) is 10.9 Å². The lowest BCUT2D eigenvalue weighted by Gasteiger charge is -2.34. The largest absolute Gasteiger partial charge is 0.444 e. The molecule has 16 heteroatoms. The number of amides is 1. The highest BCUT2D eigenvalue weighted by molar-refractivity contribution is 7.91. The molecule has 10 nitrogen and oxygen atoms in total. The van der Waals surface area contributed by atoms with Gasteiger partial charge in [0, 0.05) is 24.2 Å². The number of aromatic amines is 1. The molecule has 1 aliphatic heterocycles. The minimum atomic E-state index is -4.92. The molecular formula is C30H35Cl2F3N4O6S. The lowest BCUT2D eigenvalue weighted by atomic mass is 10.0. The summed E-state index contributed by atoms with van der Waals surface area (Å²) in [7, 11) is -3.83. The Morgan fingerprint density at radius 1 is 1.13 bits per heavy atom. The number of halogens is 5. The maximum absolute atomic E-state index is 14.5. The summed E-state index contributed by atoms with van der Waals surface area (Å²) in [6.45, 7) is 7.87. The van der Waals surface area contributed by atoms with Crippen LogP contribution in [-0.2, 0) is 33.8 Å². The summed E-state index contributed by atoms with van der Waals surface area (Å²) in [4.78, 5) is 43.1. The zero-order valence-corrected chi connectivity index (χ0v) is 28.2. The van der Waals surface area contributed by atoms with E-state index in [1.807, 2.05) is 0 Å². The van der Waals surface area contributed by atoms with E-state index in [1.165, 1.54) is 26.0 Å². The van der Waals surface area contributed by atoms with Gasteiger partial charge in [-0.25, -0.2) is 18.0 Å². The molecule has 2 aromatic carbocycles. The Hall–Kier alpha value is -3.07. The van der Waals surface area contributed by atoms with E-state index in [1.54, 1.807) is 25.7 Å². The number of rotatable bonds is 7. The molecule has 1 saturated heterocycles. The van der Waals surface area contributed by atoms with Gasteiger partial charge in [0.15, 0.2) is 9.84 Å². The standard InChI is InChI=1S/C30H35Cl2F3N4O6S/c1-6-46(43,44)25-16(2)10-18(31)11-17(25)13-39-26(40)20-12-22(30(33,34)35)21(23(32)24(20)37-27(39)41)15-38-9-7-8-19(14-38)36-28(42)45-29(3,4)5/h10-12,19H,6-9,13-15H2,1-5H3,(H,36,42)(H,37,41)/t19-/m1/s1. The number of ether oxygens (including phenoxy) is 1. The van der Waals surface area contributed by atoms with E-state index in [-0.39, 0.29) is 51.4 Å². The number of hydrogen-bond acceptors (Lipinski definition) is 7. The van der Waals surface area contributed by atoms with Crippen molar-refractivity contribution < 1.29 is 31.1 Å². The number of piperidine rings is 1. The Morgan fingerprint density at radius 3 is 2.41 bits per heavy atom. The fraction of sp³-hybridized carbons (Fsp3) is 0.500. The number of benzene rings is 2. The van der Waals surface area contributed by atoms with E-state index in [0.29, 0.717) is 35.6 Å². The van der Waals surface area contributed by atoms with Crippen molar-refractivity contribution in [2.75, 3.05) is 18.8 Å². The fourth-order valence-corrected chi connectivity index (χ4v) is 7.60. The summed E-state index contributed by atoms with van der Waals surface area (Å²) in [5, 5.41) is 1.96. The van der Waals surface area contributed by atoms with Crippen LogP contribution in [0.2, 0.25) is 10.0 Å². The Balaban J connectivity index is 1.77. The number of carbonyl (C=O) groups is 1. The average Bonchev–Trinajstić information content (AvgIpc) is 2.90. The minimum Gasteiger partial charge on any atom is -0.444 e. The highest BCUT2D eigenvalue weighted by Gasteiger charge is 2.37. The Labute approximate surface area is 273 Å². The third-order valence-corrected chi connectivity index (χ3v) is 10.2. The molecule has 0 bridgehead atoms. The van der Waals surface area contributed by atoms with Crippen LogP contribution in [0, 0.1) is 6.92 Å². The Morgan fingerprint density at radius 2 is 1.80 bits per heavy atom. The van der Waals surface area contributed by atoms with Gasteiger partial charge in [0.05, 0.1) is 38.7 Å². The van der Waals surface area contributed by atoms with Crippen LogP contribution >= 0.6 is 23.2 Å². The molecule has 2 heterocycles. The van der Waals surface area contributed by atoms with Gasteiger partial charge in [-0.05, 0) is 82.0 Å². The summed E-state index contributed by atoms with van der Waals surface area (Å²) in [6, 6.07) is 2.99. The maximum atomic E-state index is 14.5. The molecule has 0 saturated carbocycles. The molecule has 1 aliphatic rings. The van der Waals surface area contributed by atoms with Crippen molar-refractivity contribution in [3.05, 3.63) is 71.3 Å². The summed E-state index contributed by atoms with van der Waals surface area (Å²) >= 11 is 12.7. The van der Waals surface area contributed by atoms with Crippen LogP contribution in [0.1, 0.15) is 62.8 Å². The van der Waals surface area contributed by atoms with E-state index in [2.05, 4.69) is 10.3 Å². The van der Waals surface area contributed by atoms with Crippen molar-refractivity contribution in [3.63, 3.8) is 0 Å². The molecule has 252 valence electrons. The maximum Gasteiger partial charge on any atom is 0.416 e. The van der Waals surface area contributed by atoms with E-state index < -0.39 is 61.5 Å². The summed E-state index contributed by atoms with van der Waals surface area (Å²) < 4.78 is 75.1. The van der Waals surface area contributed by atoms with E-state index >= 15 is 0 Å². The molecule has 1 fully saturated rings. The van der Waals surface area contributed by atoms with Gasteiger partial charge in [0.2, 0.25) is 0 Å². The van der Waals surface area contributed by atoms with Crippen molar-refractivity contribution in [1.29, 1.82) is 0 Å². The third kappa shape index (κ3) is 7.89. The summed E-state index contributed by atoms with van der Waals surface area (Å²) in [5.74, 6) is -0.270. The number of sulfone groups is 1. The molecule has 46 heavy (non-hydrogen) atoms. The van der Waals surface area contributed by atoms with E-state index in [4.69, 9.17) is 27.9 Å². The number of nitrogens with zero attached hydrogens (tertiary/aromatic N) is 2. The predicted molar refractivity (Wildman–Crippen MR) is 170 cm³/mol. The molecule has 2 N–H and O–H groups in total. The van der Waals surface area contributed by atoms with Crippen molar-refractivity contribution in [1.82, 2.24) is 19.8 Å². The fourth-order valence-electron chi connectivity index (χ4n) is 5.64. The van der Waals surface area contributed by atoms with Gasteiger partial charge in [-0.15, -0.1) is 0 Å². The molecule has 1 amide bonds. The minimum absolute atomic E-state index is 0.0391. The molecule has 1 aromatic heterocycles. The summed E-state index contributed by atoms with van der Waals surface area (Å²) in [5.41, 5.74) is -4.25. The summed E-state index contributed by atoms with van der Waals surface area (Å²) in [6.07, 6.45) is -4.39. The monoisotopic (exact) mass is 706 g/mol. The van der Waals surface area contributed by atoms with E-state index in [0.717, 1.165) is 0 Å². The zero-order chi connectivity index (χ0) is 34.4. The van der Waals surface area contributed by atoms with Crippen LogP contribution in [0.3, 0.4) is 0 Å². The second kappa shape index (κ2) is 13.2. The first kappa shape index (κ1) is 35.8. The molecule has 3 aromatic rings. The highest BCUT2D eigenvalue weighted by Crippen LogP contribution is 2.39. The smallest absolute Gasteiger partial charge is 0.416 e. The predicted octanol–water partition coefficient (Wildman–Crippen LogP) is 5.65.